The third-order valence-electron chi connectivity index (χ3n) is 5.08. The Kier molecular flexibility index (Phi) is 4.48. The molecule has 10 heteroatoms. The summed E-state index contributed by atoms with van der Waals surface area (Å²) in [7, 11) is 0. The van der Waals surface area contributed by atoms with E-state index < -0.39 is 23.5 Å². The van der Waals surface area contributed by atoms with E-state index in [9.17, 15) is 22.8 Å². The van der Waals surface area contributed by atoms with E-state index >= 15 is 0 Å². The molecule has 1 fully saturated rings. The van der Waals surface area contributed by atoms with E-state index in [2.05, 4.69) is 10.4 Å². The number of hydrogen-bond donors (Lipinski definition) is 1. The second-order valence-corrected chi connectivity index (χ2v) is 6.97. The summed E-state index contributed by atoms with van der Waals surface area (Å²) < 4.78 is 41.7. The van der Waals surface area contributed by atoms with E-state index in [1.54, 1.807) is 15.8 Å². The third-order valence-corrected chi connectivity index (χ3v) is 5.08. The van der Waals surface area contributed by atoms with Gasteiger partial charge in [0, 0.05) is 30.8 Å². The molecule has 2 aromatic rings. The average molecular weight is 393 g/mol. The molecule has 0 spiro atoms. The lowest BCUT2D eigenvalue weighted by atomic mass is 10.2. The molecule has 148 valence electrons. The number of amides is 3. The number of carbonyl (C=O) groups is 2. The quantitative estimate of drug-likeness (QED) is 0.798. The first-order valence-corrected chi connectivity index (χ1v) is 8.92. The Morgan fingerprint density at radius 1 is 1.25 bits per heavy atom. The Hall–Kier alpha value is -3.04. The number of nitrogens with zero attached hydrogens (tertiary/aromatic N) is 4. The highest BCUT2D eigenvalue weighted by Gasteiger charge is 2.33. The van der Waals surface area contributed by atoms with Gasteiger partial charge in [0.05, 0.1) is 36.7 Å². The summed E-state index contributed by atoms with van der Waals surface area (Å²) >= 11 is 0. The lowest BCUT2D eigenvalue weighted by molar-refractivity contribution is -0.117. The van der Waals surface area contributed by atoms with Crippen molar-refractivity contribution in [3.63, 3.8) is 0 Å². The van der Waals surface area contributed by atoms with Crippen LogP contribution in [0.15, 0.2) is 18.3 Å². The maximum Gasteiger partial charge on any atom is 0.322 e. The fourth-order valence-electron chi connectivity index (χ4n) is 3.61. The first kappa shape index (κ1) is 18.3. The molecule has 3 amide bonds. The fraction of sp³-hybridized carbons (Fsp3) is 0.389. The van der Waals surface area contributed by atoms with Crippen LogP contribution >= 0.6 is 0 Å². The average Bonchev–Trinajstić information content (AvgIpc) is 3.24. The molecular weight excluding hydrogens is 375 g/mol. The minimum absolute atomic E-state index is 0.0164. The van der Waals surface area contributed by atoms with E-state index in [1.807, 2.05) is 6.92 Å². The molecule has 1 atom stereocenters. The summed E-state index contributed by atoms with van der Waals surface area (Å²) in [4.78, 5) is 27.9. The molecule has 1 aromatic carbocycles. The summed E-state index contributed by atoms with van der Waals surface area (Å²) in [6.07, 6.45) is 2.87. The van der Waals surface area contributed by atoms with Crippen LogP contribution in [0.3, 0.4) is 0 Å². The Morgan fingerprint density at radius 2 is 1.96 bits per heavy atom. The number of anilines is 2. The topological polar surface area (TPSA) is 70.5 Å². The maximum atomic E-state index is 13.4. The van der Waals surface area contributed by atoms with Crippen LogP contribution in [-0.2, 0) is 17.9 Å². The Labute approximate surface area is 158 Å². The van der Waals surface area contributed by atoms with Crippen LogP contribution in [0, 0.1) is 17.5 Å². The number of hydrogen-bond acceptors (Lipinski definition) is 3. The summed E-state index contributed by atoms with van der Waals surface area (Å²) in [6.45, 7) is 3.01. The van der Waals surface area contributed by atoms with E-state index in [-0.39, 0.29) is 24.2 Å². The number of urea groups is 1. The maximum absolute atomic E-state index is 13.4. The summed E-state index contributed by atoms with van der Waals surface area (Å²) in [5, 5.41) is 6.72. The molecule has 0 saturated carbocycles. The largest absolute Gasteiger partial charge is 0.322 e. The van der Waals surface area contributed by atoms with Crippen molar-refractivity contribution in [3.05, 3.63) is 41.5 Å². The SMILES string of the molecule is CC1Cn2ncc(N3CCCC3=O)c2CN1C(=O)Nc1cc(F)c(F)c(F)c1. The number of carbonyl (C=O) groups excluding carboxylic acids is 2. The van der Waals surface area contributed by atoms with Crippen molar-refractivity contribution in [2.24, 2.45) is 0 Å². The molecule has 4 rings (SSSR count). The molecule has 2 aliphatic rings. The van der Waals surface area contributed by atoms with E-state index in [0.717, 1.165) is 24.2 Å². The Balaban J connectivity index is 1.56. The molecule has 0 aliphatic carbocycles. The van der Waals surface area contributed by atoms with Crippen LogP contribution in [0.25, 0.3) is 0 Å². The normalized spacial score (nSPS) is 19.1. The lowest BCUT2D eigenvalue weighted by Crippen LogP contribution is -2.47. The zero-order chi connectivity index (χ0) is 20.0. The van der Waals surface area contributed by atoms with Crippen molar-refractivity contribution in [2.75, 3.05) is 16.8 Å². The fourth-order valence-corrected chi connectivity index (χ4v) is 3.61. The van der Waals surface area contributed by atoms with Crippen molar-refractivity contribution in [3.8, 4) is 0 Å². The van der Waals surface area contributed by atoms with Gasteiger partial charge >= 0.3 is 6.03 Å². The third kappa shape index (κ3) is 3.08. The molecule has 1 aromatic heterocycles. The zero-order valence-corrected chi connectivity index (χ0v) is 15.1. The van der Waals surface area contributed by atoms with Crippen LogP contribution in [0.2, 0.25) is 0 Å². The van der Waals surface area contributed by atoms with Gasteiger partial charge in [-0.3, -0.25) is 9.48 Å². The highest BCUT2D eigenvalue weighted by Crippen LogP contribution is 2.30. The van der Waals surface area contributed by atoms with Gasteiger partial charge in [-0.25, -0.2) is 18.0 Å². The van der Waals surface area contributed by atoms with Gasteiger partial charge in [-0.2, -0.15) is 5.10 Å². The number of fused-ring (bicyclic) bond motifs is 1. The number of halogens is 3. The van der Waals surface area contributed by atoms with Gasteiger partial charge in [0.1, 0.15) is 0 Å². The van der Waals surface area contributed by atoms with Gasteiger partial charge in [-0.1, -0.05) is 0 Å². The smallest absolute Gasteiger partial charge is 0.314 e. The minimum Gasteiger partial charge on any atom is -0.314 e. The molecule has 3 heterocycles. The van der Waals surface area contributed by atoms with Gasteiger partial charge in [0.25, 0.3) is 0 Å². The van der Waals surface area contributed by atoms with Crippen LogP contribution in [0.1, 0.15) is 25.5 Å². The van der Waals surface area contributed by atoms with Crippen molar-refractivity contribution < 1.29 is 22.8 Å². The number of benzene rings is 1. The summed E-state index contributed by atoms with van der Waals surface area (Å²) in [5.74, 6) is -4.33. The molecule has 2 aliphatic heterocycles. The zero-order valence-electron chi connectivity index (χ0n) is 15.1. The molecule has 7 nitrogen and oxygen atoms in total. The molecule has 1 N–H and O–H groups in total. The van der Waals surface area contributed by atoms with Gasteiger partial charge in [-0.15, -0.1) is 0 Å². The lowest BCUT2D eigenvalue weighted by Gasteiger charge is -2.35. The minimum atomic E-state index is -1.59. The number of rotatable bonds is 2. The van der Waals surface area contributed by atoms with Gasteiger partial charge in [0.15, 0.2) is 17.5 Å². The Bertz CT molecular complexity index is 938. The molecule has 1 unspecified atom stereocenters. The molecule has 28 heavy (non-hydrogen) atoms. The van der Waals surface area contributed by atoms with Gasteiger partial charge in [-0.05, 0) is 13.3 Å². The van der Waals surface area contributed by atoms with E-state index in [4.69, 9.17) is 0 Å². The molecule has 0 radical (unpaired) electrons. The van der Waals surface area contributed by atoms with Crippen molar-refractivity contribution >= 4 is 23.3 Å². The van der Waals surface area contributed by atoms with Gasteiger partial charge in [0.2, 0.25) is 5.91 Å². The van der Waals surface area contributed by atoms with E-state index in [1.165, 1.54) is 4.90 Å². The second-order valence-electron chi connectivity index (χ2n) is 6.97. The highest BCUT2D eigenvalue weighted by molar-refractivity contribution is 5.96. The Morgan fingerprint density at radius 3 is 2.61 bits per heavy atom. The van der Waals surface area contributed by atoms with Crippen molar-refractivity contribution in [1.29, 1.82) is 0 Å². The van der Waals surface area contributed by atoms with Crippen LogP contribution < -0.4 is 10.2 Å². The summed E-state index contributed by atoms with van der Waals surface area (Å²) in [6, 6.07) is 0.626. The van der Waals surface area contributed by atoms with Crippen LogP contribution in [-0.4, -0.2) is 39.2 Å². The predicted molar refractivity (Wildman–Crippen MR) is 94.2 cm³/mol. The van der Waals surface area contributed by atoms with Crippen LogP contribution in [0.5, 0.6) is 0 Å². The standard InChI is InChI=1S/C18H18F3N5O2/c1-10-8-26-15(14(7-22-26)24-4-2-3-16(24)27)9-25(10)18(28)23-11-5-12(19)17(21)13(20)6-11/h5-7,10H,2-4,8-9H2,1H3,(H,23,28). The number of aromatic nitrogens is 2. The molecule has 1 saturated heterocycles. The first-order valence-electron chi connectivity index (χ1n) is 8.92. The molecular formula is C18H18F3N5O2. The van der Waals surface area contributed by atoms with Gasteiger partial charge < -0.3 is 15.1 Å². The first-order chi connectivity index (χ1) is 13.3. The monoisotopic (exact) mass is 393 g/mol. The highest BCUT2D eigenvalue weighted by atomic mass is 19.2. The van der Waals surface area contributed by atoms with Crippen LogP contribution in [0.4, 0.5) is 29.3 Å². The predicted octanol–water partition coefficient (Wildman–Crippen LogP) is 2.86. The van der Waals surface area contributed by atoms with E-state index in [0.29, 0.717) is 25.2 Å². The summed E-state index contributed by atoms with van der Waals surface area (Å²) in [5.41, 5.74) is 1.22. The number of nitrogens with one attached hydrogen (secondary N) is 1. The van der Waals surface area contributed by atoms with Crippen molar-refractivity contribution in [1.82, 2.24) is 14.7 Å². The molecule has 0 bridgehead atoms. The second kappa shape index (κ2) is 6.84. The van der Waals surface area contributed by atoms with Crippen molar-refractivity contribution in [2.45, 2.75) is 38.9 Å².